The third kappa shape index (κ3) is 4.89. The maximum atomic E-state index is 11.7. The zero-order chi connectivity index (χ0) is 15.0. The van der Waals surface area contributed by atoms with Gasteiger partial charge in [0.15, 0.2) is 0 Å². The first-order valence-electron chi connectivity index (χ1n) is 6.34. The summed E-state index contributed by atoms with van der Waals surface area (Å²) in [7, 11) is 1.29. The van der Waals surface area contributed by atoms with Crippen LogP contribution in [0.3, 0.4) is 0 Å². The van der Waals surface area contributed by atoms with Crippen LogP contribution in [0.1, 0.15) is 24.9 Å². The molecule has 6 heteroatoms. The predicted octanol–water partition coefficient (Wildman–Crippen LogP) is 1.15. The van der Waals surface area contributed by atoms with Crippen LogP contribution in [-0.4, -0.2) is 37.3 Å². The summed E-state index contributed by atoms with van der Waals surface area (Å²) in [6.07, 6.45) is 0.166. The summed E-state index contributed by atoms with van der Waals surface area (Å²) in [4.78, 5) is 23.0. The smallest absolute Gasteiger partial charge is 0.327 e. The Kier molecular flexibility index (Phi) is 6.52. The third-order valence-electron chi connectivity index (χ3n) is 2.65. The van der Waals surface area contributed by atoms with Gasteiger partial charge in [0.2, 0.25) is 0 Å². The number of benzene rings is 1. The number of hydrogen-bond donors (Lipinski definition) is 2. The molecule has 0 heterocycles. The highest BCUT2D eigenvalue weighted by molar-refractivity contribution is 5.77. The Morgan fingerprint density at radius 1 is 1.30 bits per heavy atom. The largest absolute Gasteiger partial charge is 0.508 e. The number of esters is 2. The number of rotatable bonds is 7. The minimum absolute atomic E-state index is 0.115. The molecule has 1 aromatic rings. The van der Waals surface area contributed by atoms with E-state index in [0.29, 0.717) is 18.7 Å². The summed E-state index contributed by atoms with van der Waals surface area (Å²) in [5.41, 5.74) is 0.651. The molecule has 20 heavy (non-hydrogen) atoms. The summed E-state index contributed by atoms with van der Waals surface area (Å²) in [6, 6.07) is 5.52. The molecule has 0 bridgehead atoms. The molecule has 0 aliphatic rings. The molecule has 110 valence electrons. The quantitative estimate of drug-likeness (QED) is 0.729. The van der Waals surface area contributed by atoms with Crippen molar-refractivity contribution >= 4 is 11.9 Å². The predicted molar refractivity (Wildman–Crippen MR) is 72.1 cm³/mol. The molecule has 0 radical (unpaired) electrons. The Balaban J connectivity index is 2.64. The molecule has 0 spiro atoms. The molecule has 0 fully saturated rings. The molecule has 0 aromatic heterocycles. The monoisotopic (exact) mass is 281 g/mol. The van der Waals surface area contributed by atoms with E-state index in [0.717, 1.165) is 0 Å². The van der Waals surface area contributed by atoms with E-state index in [1.807, 2.05) is 0 Å². The van der Waals surface area contributed by atoms with Gasteiger partial charge in [0.1, 0.15) is 11.8 Å². The van der Waals surface area contributed by atoms with Crippen molar-refractivity contribution < 1.29 is 24.2 Å². The van der Waals surface area contributed by atoms with Crippen LogP contribution in [0.25, 0.3) is 0 Å². The van der Waals surface area contributed by atoms with E-state index >= 15 is 0 Å². The number of nitrogens with one attached hydrogen (secondary N) is 1. The highest BCUT2D eigenvalue weighted by Crippen LogP contribution is 2.18. The van der Waals surface area contributed by atoms with Gasteiger partial charge in [0.05, 0.1) is 20.1 Å². The zero-order valence-corrected chi connectivity index (χ0v) is 11.6. The fraction of sp³-hybridized carbons (Fsp3) is 0.429. The van der Waals surface area contributed by atoms with Gasteiger partial charge in [-0.15, -0.1) is 0 Å². The van der Waals surface area contributed by atoms with E-state index in [1.54, 1.807) is 19.1 Å². The summed E-state index contributed by atoms with van der Waals surface area (Å²) in [5.74, 6) is -0.669. The molecule has 1 rings (SSSR count). The number of hydrogen-bond acceptors (Lipinski definition) is 6. The van der Waals surface area contributed by atoms with Gasteiger partial charge in [0.25, 0.3) is 0 Å². The molecule has 1 aromatic carbocycles. The molecule has 1 atom stereocenters. The molecule has 2 N–H and O–H groups in total. The lowest BCUT2D eigenvalue weighted by atomic mass is 10.1. The van der Waals surface area contributed by atoms with Crippen LogP contribution in [0, 0.1) is 0 Å². The standard InChI is InChI=1S/C14H19NO5/c1-3-20-12(17)8-9-15-13(14(18)19-2)10-4-6-11(16)7-5-10/h4-7,13,15-16H,3,8-9H2,1-2H3. The fourth-order valence-corrected chi connectivity index (χ4v) is 1.67. The van der Waals surface area contributed by atoms with E-state index in [4.69, 9.17) is 9.47 Å². The summed E-state index contributed by atoms with van der Waals surface area (Å²) < 4.78 is 9.53. The first kappa shape index (κ1) is 16.0. The van der Waals surface area contributed by atoms with Gasteiger partial charge in [-0.05, 0) is 24.6 Å². The minimum atomic E-state index is -0.685. The highest BCUT2D eigenvalue weighted by Gasteiger charge is 2.21. The van der Waals surface area contributed by atoms with E-state index in [-0.39, 0.29) is 18.1 Å². The first-order valence-corrected chi connectivity index (χ1v) is 6.34. The van der Waals surface area contributed by atoms with E-state index in [2.05, 4.69) is 5.32 Å². The van der Waals surface area contributed by atoms with Gasteiger partial charge < -0.3 is 19.9 Å². The van der Waals surface area contributed by atoms with Gasteiger partial charge >= 0.3 is 11.9 Å². The van der Waals surface area contributed by atoms with Gasteiger partial charge in [-0.1, -0.05) is 12.1 Å². The number of phenolic OH excluding ortho intramolecular Hbond substituents is 1. The van der Waals surface area contributed by atoms with Crippen molar-refractivity contribution in [3.05, 3.63) is 29.8 Å². The maximum Gasteiger partial charge on any atom is 0.327 e. The van der Waals surface area contributed by atoms with Crippen LogP contribution in [0.2, 0.25) is 0 Å². The van der Waals surface area contributed by atoms with Gasteiger partial charge in [0, 0.05) is 6.54 Å². The van der Waals surface area contributed by atoms with Crippen molar-refractivity contribution in [2.45, 2.75) is 19.4 Å². The van der Waals surface area contributed by atoms with Crippen molar-refractivity contribution in [2.24, 2.45) is 0 Å². The first-order chi connectivity index (χ1) is 9.58. The van der Waals surface area contributed by atoms with E-state index in [9.17, 15) is 14.7 Å². The van der Waals surface area contributed by atoms with Gasteiger partial charge in [-0.25, -0.2) is 4.79 Å². The second-order valence-electron chi connectivity index (χ2n) is 4.06. The topological polar surface area (TPSA) is 84.9 Å². The molecule has 0 saturated heterocycles. The highest BCUT2D eigenvalue weighted by atomic mass is 16.5. The van der Waals surface area contributed by atoms with Crippen molar-refractivity contribution in [1.29, 1.82) is 0 Å². The van der Waals surface area contributed by atoms with E-state index in [1.165, 1.54) is 19.2 Å². The van der Waals surface area contributed by atoms with Crippen LogP contribution < -0.4 is 5.32 Å². The Morgan fingerprint density at radius 3 is 2.50 bits per heavy atom. The van der Waals surface area contributed by atoms with Gasteiger partial charge in [-0.2, -0.15) is 0 Å². The second-order valence-corrected chi connectivity index (χ2v) is 4.06. The summed E-state index contributed by atoms with van der Waals surface area (Å²) in [5, 5.41) is 12.2. The van der Waals surface area contributed by atoms with Crippen LogP contribution in [0.15, 0.2) is 24.3 Å². The maximum absolute atomic E-state index is 11.7. The molecule has 0 aliphatic carbocycles. The second kappa shape index (κ2) is 8.16. The number of aromatic hydroxyl groups is 1. The minimum Gasteiger partial charge on any atom is -0.508 e. The molecule has 0 aliphatic heterocycles. The SMILES string of the molecule is CCOC(=O)CCNC(C(=O)OC)c1ccc(O)cc1. The molecular weight excluding hydrogens is 262 g/mol. The lowest BCUT2D eigenvalue weighted by Crippen LogP contribution is -2.31. The Bertz CT molecular complexity index is 443. The molecule has 6 nitrogen and oxygen atoms in total. The van der Waals surface area contributed by atoms with Gasteiger partial charge in [-0.3, -0.25) is 4.79 Å². The number of carbonyl (C=O) groups excluding carboxylic acids is 2. The van der Waals surface area contributed by atoms with Crippen molar-refractivity contribution in [3.63, 3.8) is 0 Å². The molecular formula is C14H19NO5. The fourth-order valence-electron chi connectivity index (χ4n) is 1.67. The number of phenols is 1. The Morgan fingerprint density at radius 2 is 1.95 bits per heavy atom. The Labute approximate surface area is 117 Å². The number of methoxy groups -OCH3 is 1. The summed E-state index contributed by atoms with van der Waals surface area (Å²) in [6.45, 7) is 2.36. The van der Waals surface area contributed by atoms with E-state index < -0.39 is 12.0 Å². The number of ether oxygens (including phenoxy) is 2. The molecule has 0 saturated carbocycles. The lowest BCUT2D eigenvalue weighted by Gasteiger charge is -2.16. The van der Waals surface area contributed by atoms with Crippen LogP contribution >= 0.6 is 0 Å². The van der Waals surface area contributed by atoms with Crippen LogP contribution in [0.4, 0.5) is 0 Å². The molecule has 1 unspecified atom stereocenters. The molecule has 0 amide bonds. The average Bonchev–Trinajstić information content (AvgIpc) is 2.44. The van der Waals surface area contributed by atoms with Crippen LogP contribution in [-0.2, 0) is 19.1 Å². The van der Waals surface area contributed by atoms with Crippen molar-refractivity contribution in [2.75, 3.05) is 20.3 Å². The van der Waals surface area contributed by atoms with Crippen molar-refractivity contribution in [1.82, 2.24) is 5.32 Å². The number of carbonyl (C=O) groups is 2. The zero-order valence-electron chi connectivity index (χ0n) is 11.6. The van der Waals surface area contributed by atoms with Crippen molar-refractivity contribution in [3.8, 4) is 5.75 Å². The average molecular weight is 281 g/mol. The lowest BCUT2D eigenvalue weighted by molar-refractivity contribution is -0.145. The Hall–Kier alpha value is -2.08. The summed E-state index contributed by atoms with van der Waals surface area (Å²) >= 11 is 0. The van der Waals surface area contributed by atoms with Crippen LogP contribution in [0.5, 0.6) is 5.75 Å². The third-order valence-corrected chi connectivity index (χ3v) is 2.65. The normalized spacial score (nSPS) is 11.7.